The number of fused-ring (bicyclic) bond motifs is 2. The summed E-state index contributed by atoms with van der Waals surface area (Å²) >= 11 is 6.84. The Bertz CT molecular complexity index is 1150. The number of piperidine rings is 1. The molecular formula is C30H38ClN3O4. The van der Waals surface area contributed by atoms with Crippen molar-refractivity contribution in [1.82, 2.24) is 9.80 Å². The van der Waals surface area contributed by atoms with Gasteiger partial charge in [-0.15, -0.1) is 0 Å². The summed E-state index contributed by atoms with van der Waals surface area (Å²) in [6.45, 7) is 11.0. The predicted molar refractivity (Wildman–Crippen MR) is 148 cm³/mol. The monoisotopic (exact) mass is 539 g/mol. The van der Waals surface area contributed by atoms with Gasteiger partial charge in [-0.2, -0.15) is 0 Å². The van der Waals surface area contributed by atoms with E-state index in [2.05, 4.69) is 34.1 Å². The zero-order valence-electron chi connectivity index (χ0n) is 22.6. The number of rotatable bonds is 6. The van der Waals surface area contributed by atoms with Gasteiger partial charge in [0, 0.05) is 36.8 Å². The zero-order valence-corrected chi connectivity index (χ0v) is 23.4. The molecule has 1 amide bonds. The van der Waals surface area contributed by atoms with Crippen LogP contribution in [0.25, 0.3) is 0 Å². The lowest BCUT2D eigenvalue weighted by atomic mass is 9.73. The summed E-state index contributed by atoms with van der Waals surface area (Å²) < 4.78 is 11.4. The number of morpholine rings is 1. The van der Waals surface area contributed by atoms with Gasteiger partial charge in [-0.1, -0.05) is 48.0 Å². The first-order valence-electron chi connectivity index (χ1n) is 13.6. The molecule has 1 atom stereocenters. The minimum atomic E-state index is -0.765. The lowest BCUT2D eigenvalue weighted by Gasteiger charge is -2.40. The molecule has 5 rings (SSSR count). The van der Waals surface area contributed by atoms with Crippen LogP contribution in [0.15, 0.2) is 48.5 Å². The van der Waals surface area contributed by atoms with Crippen LogP contribution < -0.4 is 4.90 Å². The smallest absolute Gasteiger partial charge is 0.331 e. The molecule has 3 aliphatic heterocycles. The maximum Gasteiger partial charge on any atom is 0.331 e. The highest BCUT2D eigenvalue weighted by Gasteiger charge is 2.56. The number of ether oxygens (including phenoxy) is 2. The van der Waals surface area contributed by atoms with Crippen molar-refractivity contribution >= 4 is 29.2 Å². The highest BCUT2D eigenvalue weighted by molar-refractivity contribution is 6.33. The molecule has 1 spiro atoms. The average Bonchev–Trinajstić information content (AvgIpc) is 3.12. The SMILES string of the molecule is CC(C)(C)OC(=O)C(CN1CCOCC1)N1C(=O)C2(CCN(Cc3ccccc3)CC2)c2c(Cl)cccc21. The van der Waals surface area contributed by atoms with Crippen LogP contribution in [-0.2, 0) is 31.0 Å². The molecule has 2 fully saturated rings. The van der Waals surface area contributed by atoms with E-state index in [1.165, 1.54) is 5.56 Å². The van der Waals surface area contributed by atoms with Crippen molar-refractivity contribution in [2.45, 2.75) is 57.2 Å². The average molecular weight is 540 g/mol. The largest absolute Gasteiger partial charge is 0.458 e. The zero-order chi connectivity index (χ0) is 26.9. The fourth-order valence-electron chi connectivity index (χ4n) is 6.00. The van der Waals surface area contributed by atoms with Gasteiger partial charge < -0.3 is 9.47 Å². The Morgan fingerprint density at radius 2 is 1.68 bits per heavy atom. The number of halogens is 1. The lowest BCUT2D eigenvalue weighted by molar-refractivity contribution is -0.158. The summed E-state index contributed by atoms with van der Waals surface area (Å²) in [5, 5.41) is 0.587. The van der Waals surface area contributed by atoms with Crippen LogP contribution in [0.1, 0.15) is 44.7 Å². The molecule has 7 nitrogen and oxygen atoms in total. The van der Waals surface area contributed by atoms with Crippen molar-refractivity contribution in [2.75, 3.05) is 50.8 Å². The molecule has 2 saturated heterocycles. The van der Waals surface area contributed by atoms with E-state index in [-0.39, 0.29) is 11.9 Å². The van der Waals surface area contributed by atoms with Crippen LogP contribution in [0.3, 0.4) is 0 Å². The number of anilines is 1. The standard InChI is InChI=1S/C30H38ClN3O4/c1-29(2,3)38-27(35)25(21-33-16-18-37-19-17-33)34-24-11-7-10-23(31)26(24)30(28(34)36)12-14-32(15-13-30)20-22-8-5-4-6-9-22/h4-11,25H,12-21H2,1-3H3. The second kappa shape index (κ2) is 11.0. The van der Waals surface area contributed by atoms with Gasteiger partial charge in [-0.25, -0.2) is 4.79 Å². The second-order valence-corrected chi connectivity index (χ2v) is 12.0. The molecule has 3 heterocycles. The highest BCUT2D eigenvalue weighted by Crippen LogP contribution is 2.51. The van der Waals surface area contributed by atoms with Crippen LogP contribution in [-0.4, -0.2) is 79.3 Å². The number of carbonyl (C=O) groups is 2. The Labute approximate surface area is 230 Å². The molecule has 8 heteroatoms. The molecule has 0 bridgehead atoms. The van der Waals surface area contributed by atoms with Crippen LogP contribution in [0.2, 0.25) is 5.02 Å². The Morgan fingerprint density at radius 1 is 1.00 bits per heavy atom. The molecule has 204 valence electrons. The van der Waals surface area contributed by atoms with E-state index in [4.69, 9.17) is 21.1 Å². The third kappa shape index (κ3) is 5.48. The Balaban J connectivity index is 1.46. The molecule has 0 radical (unpaired) electrons. The van der Waals surface area contributed by atoms with Crippen LogP contribution in [0, 0.1) is 0 Å². The first-order valence-corrected chi connectivity index (χ1v) is 14.0. The quantitative estimate of drug-likeness (QED) is 0.511. The van der Waals surface area contributed by atoms with Gasteiger partial charge in [0.1, 0.15) is 11.6 Å². The van der Waals surface area contributed by atoms with Crippen molar-refractivity contribution < 1.29 is 19.1 Å². The molecule has 2 aromatic carbocycles. The van der Waals surface area contributed by atoms with Gasteiger partial charge in [0.15, 0.2) is 0 Å². The van der Waals surface area contributed by atoms with Crippen molar-refractivity contribution in [1.29, 1.82) is 0 Å². The summed E-state index contributed by atoms with van der Waals surface area (Å²) in [5.74, 6) is -0.425. The van der Waals surface area contributed by atoms with Crippen molar-refractivity contribution in [3.05, 3.63) is 64.7 Å². The summed E-state index contributed by atoms with van der Waals surface area (Å²) in [6.07, 6.45) is 1.31. The number of esters is 1. The van der Waals surface area contributed by atoms with E-state index < -0.39 is 17.1 Å². The predicted octanol–water partition coefficient (Wildman–Crippen LogP) is 4.26. The first kappa shape index (κ1) is 27.1. The number of hydrogen-bond acceptors (Lipinski definition) is 6. The van der Waals surface area contributed by atoms with E-state index in [1.807, 2.05) is 45.0 Å². The maximum absolute atomic E-state index is 14.5. The Hall–Kier alpha value is -2.45. The molecular weight excluding hydrogens is 502 g/mol. The lowest BCUT2D eigenvalue weighted by Crippen LogP contribution is -2.57. The van der Waals surface area contributed by atoms with Gasteiger partial charge in [0.2, 0.25) is 5.91 Å². The summed E-state index contributed by atoms with van der Waals surface area (Å²) in [6, 6.07) is 15.3. The van der Waals surface area contributed by atoms with Crippen molar-refractivity contribution in [2.24, 2.45) is 0 Å². The fourth-order valence-corrected chi connectivity index (χ4v) is 6.35. The van der Waals surface area contributed by atoms with Crippen LogP contribution in [0.4, 0.5) is 5.69 Å². The van der Waals surface area contributed by atoms with Gasteiger partial charge in [0.05, 0.1) is 24.3 Å². The molecule has 2 aromatic rings. The summed E-state index contributed by atoms with van der Waals surface area (Å²) in [4.78, 5) is 34.5. The molecule has 3 aliphatic rings. The first-order chi connectivity index (χ1) is 18.2. The fraction of sp³-hybridized carbons (Fsp3) is 0.533. The number of amides is 1. The summed E-state index contributed by atoms with van der Waals surface area (Å²) in [5.41, 5.74) is 1.45. The van der Waals surface area contributed by atoms with Crippen LogP contribution >= 0.6 is 11.6 Å². The third-order valence-electron chi connectivity index (χ3n) is 7.84. The number of nitrogens with zero attached hydrogens (tertiary/aromatic N) is 3. The Kier molecular flexibility index (Phi) is 7.83. The third-order valence-corrected chi connectivity index (χ3v) is 8.16. The van der Waals surface area contributed by atoms with E-state index >= 15 is 0 Å². The van der Waals surface area contributed by atoms with E-state index in [0.717, 1.165) is 30.9 Å². The number of likely N-dealkylation sites (tertiary alicyclic amines) is 1. The van der Waals surface area contributed by atoms with Crippen molar-refractivity contribution in [3.8, 4) is 0 Å². The molecule has 0 aliphatic carbocycles. The number of benzene rings is 2. The van der Waals surface area contributed by atoms with Crippen molar-refractivity contribution in [3.63, 3.8) is 0 Å². The minimum Gasteiger partial charge on any atom is -0.458 e. The normalized spacial score (nSPS) is 20.9. The second-order valence-electron chi connectivity index (χ2n) is 11.6. The number of carbonyl (C=O) groups excluding carboxylic acids is 2. The topological polar surface area (TPSA) is 62.3 Å². The minimum absolute atomic E-state index is 0.0379. The highest BCUT2D eigenvalue weighted by atomic mass is 35.5. The Morgan fingerprint density at radius 3 is 2.34 bits per heavy atom. The van der Waals surface area contributed by atoms with E-state index in [0.29, 0.717) is 50.7 Å². The van der Waals surface area contributed by atoms with Gasteiger partial charge >= 0.3 is 5.97 Å². The molecule has 0 aromatic heterocycles. The summed E-state index contributed by atoms with van der Waals surface area (Å²) in [7, 11) is 0. The maximum atomic E-state index is 14.5. The van der Waals surface area contributed by atoms with Gasteiger partial charge in [-0.3, -0.25) is 19.5 Å². The molecule has 0 N–H and O–H groups in total. The van der Waals surface area contributed by atoms with Gasteiger partial charge in [-0.05, 0) is 64.4 Å². The molecule has 1 unspecified atom stereocenters. The van der Waals surface area contributed by atoms with E-state index in [1.54, 1.807) is 4.90 Å². The number of hydrogen-bond donors (Lipinski definition) is 0. The van der Waals surface area contributed by atoms with E-state index in [9.17, 15) is 9.59 Å². The van der Waals surface area contributed by atoms with Gasteiger partial charge in [0.25, 0.3) is 0 Å². The molecule has 0 saturated carbocycles. The molecule has 38 heavy (non-hydrogen) atoms. The van der Waals surface area contributed by atoms with Crippen LogP contribution in [0.5, 0.6) is 0 Å².